The molecule has 0 aliphatic carbocycles. The van der Waals surface area contributed by atoms with Gasteiger partial charge in [0.25, 0.3) is 11.5 Å². The number of aromatic nitrogens is 1. The topological polar surface area (TPSA) is 81.8 Å². The standard InChI is InChI=1S/C28H33N5O3S2/c1-4-32-25(31-15-13-30(14-16-31)21-10-7-6-8-11-21)22(20(3)23(19-29)26(32)34)18-24-27(35)33(28(37)38-24)12-9-17-36-5-2/h6-8,10-11,18H,4-5,9,12-17H2,1-3H3. The molecule has 0 atom stereocenters. The molecule has 2 aliphatic heterocycles. The summed E-state index contributed by atoms with van der Waals surface area (Å²) in [6.45, 7) is 10.7. The molecule has 2 saturated heterocycles. The molecule has 1 amide bonds. The number of amides is 1. The number of hydrogen-bond donors (Lipinski definition) is 0. The van der Waals surface area contributed by atoms with Crippen molar-refractivity contribution in [1.29, 1.82) is 5.26 Å². The number of nitrogens with zero attached hydrogens (tertiary/aromatic N) is 5. The summed E-state index contributed by atoms with van der Waals surface area (Å²) >= 11 is 6.78. The van der Waals surface area contributed by atoms with Gasteiger partial charge < -0.3 is 14.5 Å². The Morgan fingerprint density at radius 2 is 1.79 bits per heavy atom. The maximum absolute atomic E-state index is 13.3. The van der Waals surface area contributed by atoms with E-state index in [1.165, 1.54) is 17.4 Å². The van der Waals surface area contributed by atoms with Crippen LogP contribution in [0.3, 0.4) is 0 Å². The summed E-state index contributed by atoms with van der Waals surface area (Å²) in [6.07, 6.45) is 2.52. The maximum atomic E-state index is 13.3. The van der Waals surface area contributed by atoms with Gasteiger partial charge in [-0.3, -0.25) is 19.1 Å². The summed E-state index contributed by atoms with van der Waals surface area (Å²) in [5.74, 6) is 0.604. The molecule has 1 aromatic carbocycles. The van der Waals surface area contributed by atoms with Gasteiger partial charge in [-0.15, -0.1) is 0 Å². The third-order valence-electron chi connectivity index (χ3n) is 6.89. The van der Waals surface area contributed by atoms with Crippen molar-refractivity contribution in [3.63, 3.8) is 0 Å². The zero-order valence-corrected chi connectivity index (χ0v) is 23.7. The lowest BCUT2D eigenvalue weighted by Gasteiger charge is -2.39. The first-order valence-corrected chi connectivity index (χ1v) is 14.2. The number of piperazine rings is 1. The Balaban J connectivity index is 1.69. The number of carbonyl (C=O) groups excluding carboxylic acids is 1. The highest BCUT2D eigenvalue weighted by molar-refractivity contribution is 8.26. The van der Waals surface area contributed by atoms with Crippen molar-refractivity contribution in [3.8, 4) is 6.07 Å². The van der Waals surface area contributed by atoms with Crippen LogP contribution in [-0.2, 0) is 16.1 Å². The van der Waals surface area contributed by atoms with Crippen LogP contribution < -0.4 is 15.4 Å². The second kappa shape index (κ2) is 12.6. The number of pyridine rings is 1. The number of anilines is 2. The normalized spacial score (nSPS) is 17.0. The van der Waals surface area contributed by atoms with Crippen molar-refractivity contribution in [2.45, 2.75) is 33.7 Å². The fraction of sp³-hybridized carbons (Fsp3) is 0.429. The Kier molecular flexibility index (Phi) is 9.26. The Hall–Kier alpha value is -3.13. The van der Waals surface area contributed by atoms with Crippen LogP contribution in [0, 0.1) is 18.3 Å². The zero-order chi connectivity index (χ0) is 27.2. The second-order valence-electron chi connectivity index (χ2n) is 9.09. The van der Waals surface area contributed by atoms with E-state index in [2.05, 4.69) is 28.0 Å². The molecule has 200 valence electrons. The van der Waals surface area contributed by atoms with Crippen LogP contribution in [0.1, 0.15) is 37.0 Å². The molecule has 10 heteroatoms. The van der Waals surface area contributed by atoms with E-state index in [4.69, 9.17) is 17.0 Å². The van der Waals surface area contributed by atoms with Crippen LogP contribution in [0.4, 0.5) is 11.5 Å². The van der Waals surface area contributed by atoms with Crippen molar-refractivity contribution in [2.24, 2.45) is 0 Å². The van der Waals surface area contributed by atoms with E-state index in [0.717, 1.165) is 24.5 Å². The van der Waals surface area contributed by atoms with Crippen molar-refractivity contribution in [1.82, 2.24) is 9.47 Å². The van der Waals surface area contributed by atoms with E-state index in [9.17, 15) is 14.9 Å². The van der Waals surface area contributed by atoms with E-state index in [1.807, 2.05) is 38.1 Å². The SMILES string of the molecule is CCOCCCN1C(=O)C(=Cc2c(C)c(C#N)c(=O)n(CC)c2N2CCN(c3ccccc3)CC2)SC1=S. The van der Waals surface area contributed by atoms with Crippen molar-refractivity contribution < 1.29 is 9.53 Å². The fourth-order valence-corrected chi connectivity index (χ4v) is 6.18. The van der Waals surface area contributed by atoms with Gasteiger partial charge in [0, 0.05) is 63.7 Å². The lowest BCUT2D eigenvalue weighted by atomic mass is 10.0. The van der Waals surface area contributed by atoms with Gasteiger partial charge in [0.2, 0.25) is 0 Å². The number of benzene rings is 1. The number of ether oxygens (including phenoxy) is 1. The minimum absolute atomic E-state index is 0.108. The first-order chi connectivity index (χ1) is 18.4. The van der Waals surface area contributed by atoms with Crippen molar-refractivity contribution in [2.75, 3.05) is 55.7 Å². The molecule has 8 nitrogen and oxygen atoms in total. The minimum Gasteiger partial charge on any atom is -0.382 e. The molecule has 4 rings (SSSR count). The Labute approximate surface area is 233 Å². The minimum atomic E-state index is -0.298. The molecule has 0 bridgehead atoms. The predicted octanol–water partition coefficient (Wildman–Crippen LogP) is 4.00. The quantitative estimate of drug-likeness (QED) is 0.263. The van der Waals surface area contributed by atoms with Crippen LogP contribution in [0.25, 0.3) is 6.08 Å². The molecule has 2 aromatic rings. The first kappa shape index (κ1) is 27.9. The fourth-order valence-electron chi connectivity index (χ4n) is 4.89. The molecule has 0 radical (unpaired) electrons. The van der Waals surface area contributed by atoms with E-state index in [1.54, 1.807) is 16.4 Å². The molecule has 1 aromatic heterocycles. The van der Waals surface area contributed by atoms with Gasteiger partial charge in [-0.25, -0.2) is 0 Å². The van der Waals surface area contributed by atoms with Gasteiger partial charge >= 0.3 is 0 Å². The zero-order valence-electron chi connectivity index (χ0n) is 22.1. The van der Waals surface area contributed by atoms with Gasteiger partial charge in [0.05, 0.1) is 4.91 Å². The monoisotopic (exact) mass is 551 g/mol. The summed E-state index contributed by atoms with van der Waals surface area (Å²) in [4.78, 5) is 33.3. The third-order valence-corrected chi connectivity index (χ3v) is 8.26. The Morgan fingerprint density at radius 3 is 2.42 bits per heavy atom. The van der Waals surface area contributed by atoms with Crippen LogP contribution in [0.15, 0.2) is 40.0 Å². The summed E-state index contributed by atoms with van der Waals surface area (Å²) in [6, 6.07) is 12.4. The van der Waals surface area contributed by atoms with Crippen LogP contribution in [0.2, 0.25) is 0 Å². The molecule has 2 aliphatic rings. The summed E-state index contributed by atoms with van der Waals surface area (Å²) < 4.78 is 7.59. The highest BCUT2D eigenvalue weighted by Crippen LogP contribution is 2.36. The molecule has 3 heterocycles. The lowest BCUT2D eigenvalue weighted by Crippen LogP contribution is -2.48. The maximum Gasteiger partial charge on any atom is 0.270 e. The smallest absolute Gasteiger partial charge is 0.270 e. The van der Waals surface area contributed by atoms with Gasteiger partial charge in [0.15, 0.2) is 0 Å². The highest BCUT2D eigenvalue weighted by atomic mass is 32.2. The molecule has 0 N–H and O–H groups in total. The molecule has 0 unspecified atom stereocenters. The van der Waals surface area contributed by atoms with E-state index < -0.39 is 0 Å². The summed E-state index contributed by atoms with van der Waals surface area (Å²) in [5.41, 5.74) is 2.30. The number of rotatable bonds is 9. The molecule has 2 fully saturated rings. The number of para-hydroxylation sites is 1. The average Bonchev–Trinajstić information content (AvgIpc) is 3.20. The molecular weight excluding hydrogens is 518 g/mol. The summed E-state index contributed by atoms with van der Waals surface area (Å²) in [5, 5.41) is 9.83. The van der Waals surface area contributed by atoms with Crippen molar-refractivity contribution >= 4 is 51.8 Å². The van der Waals surface area contributed by atoms with Crippen LogP contribution in [-0.4, -0.2) is 65.6 Å². The highest BCUT2D eigenvalue weighted by Gasteiger charge is 2.33. The lowest BCUT2D eigenvalue weighted by molar-refractivity contribution is -0.122. The Bertz CT molecular complexity index is 1320. The largest absolute Gasteiger partial charge is 0.382 e. The van der Waals surface area contributed by atoms with E-state index in [-0.39, 0.29) is 17.0 Å². The second-order valence-corrected chi connectivity index (χ2v) is 10.8. The number of nitriles is 1. The van der Waals surface area contributed by atoms with E-state index in [0.29, 0.717) is 60.6 Å². The van der Waals surface area contributed by atoms with E-state index >= 15 is 0 Å². The predicted molar refractivity (Wildman–Crippen MR) is 158 cm³/mol. The first-order valence-electron chi connectivity index (χ1n) is 13.0. The van der Waals surface area contributed by atoms with Gasteiger partial charge in [0.1, 0.15) is 21.8 Å². The molecule has 0 saturated carbocycles. The number of hydrogen-bond acceptors (Lipinski definition) is 8. The summed E-state index contributed by atoms with van der Waals surface area (Å²) in [7, 11) is 0. The van der Waals surface area contributed by atoms with Gasteiger partial charge in [-0.2, -0.15) is 5.26 Å². The number of thioether (sulfide) groups is 1. The molecular formula is C28H33N5O3S2. The van der Waals surface area contributed by atoms with Gasteiger partial charge in [-0.05, 0) is 51.0 Å². The van der Waals surface area contributed by atoms with Crippen LogP contribution >= 0.6 is 24.0 Å². The number of thiocarbonyl (C=S) groups is 1. The number of carbonyl (C=O) groups is 1. The van der Waals surface area contributed by atoms with Gasteiger partial charge in [-0.1, -0.05) is 42.2 Å². The van der Waals surface area contributed by atoms with Crippen molar-refractivity contribution in [3.05, 3.63) is 62.3 Å². The third kappa shape index (κ3) is 5.65. The van der Waals surface area contributed by atoms with Crippen LogP contribution in [0.5, 0.6) is 0 Å². The average molecular weight is 552 g/mol. The Morgan fingerprint density at radius 1 is 1.11 bits per heavy atom. The molecule has 38 heavy (non-hydrogen) atoms. The molecule has 0 spiro atoms.